The van der Waals surface area contributed by atoms with E-state index in [1.807, 2.05) is 0 Å². The first-order chi connectivity index (χ1) is 2.91. The first-order valence-electron chi connectivity index (χ1n) is 0.803. The molecule has 0 bridgehead atoms. The molecule has 0 aromatic heterocycles. The van der Waals surface area contributed by atoms with E-state index in [0.717, 1.165) is 18.3 Å². The van der Waals surface area contributed by atoms with E-state index in [9.17, 15) is 6.14 Å². The molecule has 0 saturated heterocycles. The Bertz CT molecular complexity index is 40.1. The van der Waals surface area contributed by atoms with Crippen molar-refractivity contribution >= 4 is 0 Å². The Morgan fingerprint density at radius 1 is 1.50 bits per heavy atom. The van der Waals surface area contributed by atoms with Gasteiger partial charge < -0.3 is 0 Å². The van der Waals surface area contributed by atoms with Crippen LogP contribution in [0, 0.1) is 0 Å². The van der Waals surface area contributed by atoms with Gasteiger partial charge in [0.1, 0.15) is 0 Å². The fraction of sp³-hybridized carbons (Fsp3) is 0. The summed E-state index contributed by atoms with van der Waals surface area (Å²) in [6.07, 6.45) is 0. The van der Waals surface area contributed by atoms with E-state index < -0.39 is 34.5 Å². The molecule has 0 aliphatic rings. The first-order valence-corrected chi connectivity index (χ1v) is 9.00. The molecule has 0 saturated carbocycles. The van der Waals surface area contributed by atoms with Crippen LogP contribution in [-0.4, -0.2) is 0 Å². The van der Waals surface area contributed by atoms with Gasteiger partial charge in [0.15, 0.2) is 0 Å². The van der Waals surface area contributed by atoms with Gasteiger partial charge in [-0.05, 0) is 0 Å². The Kier molecular flexibility index (Phi) is 28.1. The minimum absolute atomic E-state index is 1.10. The van der Waals surface area contributed by atoms with Crippen LogP contribution in [0.4, 0.5) is 0 Å². The van der Waals surface area contributed by atoms with Crippen molar-refractivity contribution in [1.82, 2.24) is 0 Å². The second-order valence-corrected chi connectivity index (χ2v) is 4.98. The zero-order chi connectivity index (χ0) is 5.41. The number of hydrogen-bond donors (Lipinski definition) is 0. The third kappa shape index (κ3) is 17.5. The maximum absolute atomic E-state index is 9.21. The summed E-state index contributed by atoms with van der Waals surface area (Å²) in [6.45, 7) is 0. The van der Waals surface area contributed by atoms with Crippen LogP contribution >= 0.6 is 0 Å². The maximum atomic E-state index is 9.21. The van der Waals surface area contributed by atoms with Crippen molar-refractivity contribution in [2.24, 2.45) is 0 Å². The Hall–Kier alpha value is 1.62. The van der Waals surface area contributed by atoms with Crippen molar-refractivity contribution in [3.05, 3.63) is 0 Å². The molecule has 0 N–H and O–H groups in total. The van der Waals surface area contributed by atoms with E-state index in [2.05, 4.69) is 0 Å². The summed E-state index contributed by atoms with van der Waals surface area (Å²) in [6, 6.07) is 0. The Morgan fingerprint density at radius 2 is 1.67 bits per heavy atom. The summed E-state index contributed by atoms with van der Waals surface area (Å²) in [5.41, 5.74) is 0. The summed E-state index contributed by atoms with van der Waals surface area (Å²) in [4.78, 5) is 0. The molecular formula is O3RuTiZr. The summed E-state index contributed by atoms with van der Waals surface area (Å²) < 4.78 is 26.6. The molecule has 0 rings (SSSR count). The molecular weight excluding hydrogens is 288 g/mol. The van der Waals surface area contributed by atoms with Crippen LogP contribution in [0.15, 0.2) is 0 Å². The SMILES string of the molecule is [O]=[Ru].[O]=[Ti][Zr]=[O]. The summed E-state index contributed by atoms with van der Waals surface area (Å²) in [5, 5.41) is 0. The summed E-state index contributed by atoms with van der Waals surface area (Å²) >= 11 is -1.48. The van der Waals surface area contributed by atoms with E-state index in [-0.39, 0.29) is 0 Å². The van der Waals surface area contributed by atoms with Crippen LogP contribution in [0.25, 0.3) is 0 Å². The molecule has 6 heteroatoms. The molecule has 3 nitrogen and oxygen atoms in total. The zero-order valence-corrected chi connectivity index (χ0v) is 8.34. The van der Waals surface area contributed by atoms with Crippen LogP contribution in [0.1, 0.15) is 0 Å². The van der Waals surface area contributed by atoms with Gasteiger partial charge in [0.2, 0.25) is 0 Å². The molecule has 0 aliphatic heterocycles. The summed E-state index contributed by atoms with van der Waals surface area (Å²) in [5.74, 6) is 0. The van der Waals surface area contributed by atoms with E-state index in [4.69, 9.17) is 3.57 Å². The van der Waals surface area contributed by atoms with E-state index >= 15 is 0 Å². The van der Waals surface area contributed by atoms with Gasteiger partial charge >= 0.3 is 62.4 Å². The number of rotatable bonds is 1. The van der Waals surface area contributed by atoms with Crippen molar-refractivity contribution in [2.75, 3.05) is 0 Å². The standard InChI is InChI=1S/3O.Ru.Ti.Zr. The monoisotopic (exact) mass is 288 g/mol. The molecule has 0 spiro atoms. The van der Waals surface area contributed by atoms with E-state index in [0.29, 0.717) is 0 Å². The third-order valence-corrected chi connectivity index (χ3v) is 1.02. The second-order valence-electron chi connectivity index (χ2n) is 0.204. The molecule has 0 aromatic carbocycles. The van der Waals surface area contributed by atoms with E-state index in [1.54, 1.807) is 0 Å². The molecule has 0 radical (unpaired) electrons. The molecule has 0 amide bonds. The average Bonchev–Trinajstić information content (AvgIpc) is 1.72. The van der Waals surface area contributed by atoms with Gasteiger partial charge in [-0.15, -0.1) is 0 Å². The molecule has 0 aromatic rings. The third-order valence-electron chi connectivity index (χ3n) is 0.0417. The normalized spacial score (nSPS) is 2.83. The molecule has 6 heavy (non-hydrogen) atoms. The van der Waals surface area contributed by atoms with Crippen molar-refractivity contribution < 1.29 is 62.4 Å². The average molecular weight is 288 g/mol. The Balaban J connectivity index is 0. The van der Waals surface area contributed by atoms with Crippen molar-refractivity contribution in [3.63, 3.8) is 0 Å². The molecule has 0 unspecified atom stereocenters. The second kappa shape index (κ2) is 16.0. The van der Waals surface area contributed by atoms with Crippen LogP contribution in [0.5, 0.6) is 0 Å². The van der Waals surface area contributed by atoms with Crippen LogP contribution < -0.4 is 0 Å². The van der Waals surface area contributed by atoms with Crippen LogP contribution in [0.3, 0.4) is 0 Å². The van der Waals surface area contributed by atoms with Gasteiger partial charge in [-0.2, -0.15) is 0 Å². The predicted molar refractivity (Wildman–Crippen MR) is 2.06 cm³/mol. The molecule has 0 heterocycles. The first kappa shape index (κ1) is 10.6. The van der Waals surface area contributed by atoms with Crippen molar-refractivity contribution in [1.29, 1.82) is 0 Å². The molecule has 0 fully saturated rings. The summed E-state index contributed by atoms with van der Waals surface area (Å²) in [7, 11) is 0. The molecule has 0 aliphatic carbocycles. The van der Waals surface area contributed by atoms with Gasteiger partial charge in [-0.25, -0.2) is 0 Å². The number of hydrogen-bond acceptors (Lipinski definition) is 3. The topological polar surface area (TPSA) is 51.2 Å². The van der Waals surface area contributed by atoms with Gasteiger partial charge in [0.05, 0.1) is 0 Å². The van der Waals surface area contributed by atoms with Crippen LogP contribution in [-0.2, 0) is 62.4 Å². The van der Waals surface area contributed by atoms with Gasteiger partial charge in [0, 0.05) is 0 Å². The van der Waals surface area contributed by atoms with Gasteiger partial charge in [0.25, 0.3) is 0 Å². The molecule has 34 valence electrons. The predicted octanol–water partition coefficient (Wildman–Crippen LogP) is -0.364. The van der Waals surface area contributed by atoms with Crippen molar-refractivity contribution in [3.8, 4) is 0 Å². The van der Waals surface area contributed by atoms with Gasteiger partial charge in [-0.1, -0.05) is 0 Å². The van der Waals surface area contributed by atoms with Crippen molar-refractivity contribution in [2.45, 2.75) is 0 Å². The van der Waals surface area contributed by atoms with Gasteiger partial charge in [-0.3, -0.25) is 0 Å². The Labute approximate surface area is 61.6 Å². The van der Waals surface area contributed by atoms with E-state index in [1.165, 1.54) is 0 Å². The Morgan fingerprint density at radius 3 is 1.67 bits per heavy atom. The fourth-order valence-corrected chi connectivity index (χ4v) is 0. The zero-order valence-electron chi connectivity index (χ0n) is 2.58. The molecule has 0 atom stereocenters. The minimum atomic E-state index is -1.46. The van der Waals surface area contributed by atoms with Crippen LogP contribution in [0.2, 0.25) is 0 Å². The quantitative estimate of drug-likeness (QED) is 0.619. The fourth-order valence-electron chi connectivity index (χ4n) is 0.